The number of aromatic nitrogens is 1. The highest BCUT2D eigenvalue weighted by molar-refractivity contribution is 9.10. The van der Waals surface area contributed by atoms with Crippen LogP contribution in [-0.2, 0) is 0 Å². The van der Waals surface area contributed by atoms with Gasteiger partial charge in [0, 0.05) is 16.3 Å². The number of nitrogens with zero attached hydrogens (tertiary/aromatic N) is 1. The third-order valence-electron chi connectivity index (χ3n) is 3.97. The predicted molar refractivity (Wildman–Crippen MR) is 95.6 cm³/mol. The minimum atomic E-state index is 0.663. The maximum atomic E-state index is 5.53. The standard InChI is InChI=1S/C19H18BrNO/c1-11-8-9-14-15(10-11)17(20)18(21-19(14)22-4)16-12(2)6-5-7-13(16)3/h5-10H,1-4H3. The molecule has 0 aliphatic heterocycles. The smallest absolute Gasteiger partial charge is 0.221 e. The number of rotatable bonds is 2. The monoisotopic (exact) mass is 355 g/mol. The van der Waals surface area contributed by atoms with E-state index in [4.69, 9.17) is 9.72 Å². The first-order valence-corrected chi connectivity index (χ1v) is 8.02. The normalized spacial score (nSPS) is 11.0. The van der Waals surface area contributed by atoms with Crippen molar-refractivity contribution in [2.24, 2.45) is 0 Å². The van der Waals surface area contributed by atoms with E-state index < -0.39 is 0 Å². The Labute approximate surface area is 139 Å². The molecule has 0 spiro atoms. The van der Waals surface area contributed by atoms with E-state index in [0.717, 1.165) is 26.5 Å². The quantitative estimate of drug-likeness (QED) is 0.596. The Morgan fingerprint density at radius 1 is 0.955 bits per heavy atom. The van der Waals surface area contributed by atoms with Crippen LogP contribution in [0.25, 0.3) is 22.0 Å². The third kappa shape index (κ3) is 2.40. The van der Waals surface area contributed by atoms with Crippen molar-refractivity contribution in [3.63, 3.8) is 0 Å². The van der Waals surface area contributed by atoms with Crippen LogP contribution in [0.1, 0.15) is 16.7 Å². The van der Waals surface area contributed by atoms with Gasteiger partial charge in [-0.25, -0.2) is 4.98 Å². The summed E-state index contributed by atoms with van der Waals surface area (Å²) in [6.07, 6.45) is 0. The molecule has 0 fully saturated rings. The topological polar surface area (TPSA) is 22.1 Å². The van der Waals surface area contributed by atoms with Gasteiger partial charge < -0.3 is 4.74 Å². The maximum absolute atomic E-state index is 5.53. The van der Waals surface area contributed by atoms with Gasteiger partial charge in [0.05, 0.1) is 17.3 Å². The Bertz CT molecular complexity index is 851. The molecule has 0 atom stereocenters. The summed E-state index contributed by atoms with van der Waals surface area (Å²) in [5.74, 6) is 0.663. The van der Waals surface area contributed by atoms with Crippen LogP contribution < -0.4 is 4.74 Å². The predicted octanol–water partition coefficient (Wildman–Crippen LogP) is 5.60. The van der Waals surface area contributed by atoms with Crippen molar-refractivity contribution < 1.29 is 4.74 Å². The summed E-state index contributed by atoms with van der Waals surface area (Å²) >= 11 is 3.77. The average Bonchev–Trinajstić information content (AvgIpc) is 2.49. The molecule has 2 nitrogen and oxygen atoms in total. The molecule has 0 radical (unpaired) electrons. The molecule has 0 amide bonds. The van der Waals surface area contributed by atoms with Crippen LogP contribution in [0.15, 0.2) is 40.9 Å². The van der Waals surface area contributed by atoms with Crippen molar-refractivity contribution in [3.05, 3.63) is 57.6 Å². The van der Waals surface area contributed by atoms with Gasteiger partial charge in [0.15, 0.2) is 0 Å². The lowest BCUT2D eigenvalue weighted by atomic mass is 9.98. The van der Waals surface area contributed by atoms with Crippen molar-refractivity contribution in [2.75, 3.05) is 7.11 Å². The second kappa shape index (κ2) is 5.73. The molecule has 0 aliphatic carbocycles. The molecule has 112 valence electrons. The Balaban J connectivity index is 2.43. The van der Waals surface area contributed by atoms with E-state index in [1.165, 1.54) is 16.7 Å². The van der Waals surface area contributed by atoms with Crippen LogP contribution in [0.4, 0.5) is 0 Å². The number of fused-ring (bicyclic) bond motifs is 1. The summed E-state index contributed by atoms with van der Waals surface area (Å²) in [6.45, 7) is 6.32. The molecule has 1 heterocycles. The Morgan fingerprint density at radius 3 is 2.27 bits per heavy atom. The van der Waals surface area contributed by atoms with E-state index >= 15 is 0 Å². The van der Waals surface area contributed by atoms with E-state index in [9.17, 15) is 0 Å². The van der Waals surface area contributed by atoms with Crippen LogP contribution in [0.2, 0.25) is 0 Å². The zero-order valence-electron chi connectivity index (χ0n) is 13.2. The van der Waals surface area contributed by atoms with Gasteiger partial charge in [0.2, 0.25) is 5.88 Å². The second-order valence-electron chi connectivity index (χ2n) is 5.60. The van der Waals surface area contributed by atoms with Gasteiger partial charge in [-0.05, 0) is 53.9 Å². The van der Waals surface area contributed by atoms with Gasteiger partial charge in [0.25, 0.3) is 0 Å². The lowest BCUT2D eigenvalue weighted by Gasteiger charge is -2.15. The van der Waals surface area contributed by atoms with E-state index in [0.29, 0.717) is 5.88 Å². The van der Waals surface area contributed by atoms with E-state index in [1.807, 2.05) is 0 Å². The number of benzene rings is 2. The number of hydrogen-bond donors (Lipinski definition) is 0. The summed E-state index contributed by atoms with van der Waals surface area (Å²) < 4.78 is 6.55. The van der Waals surface area contributed by atoms with Crippen LogP contribution in [0.3, 0.4) is 0 Å². The molecule has 3 rings (SSSR count). The van der Waals surface area contributed by atoms with E-state index in [2.05, 4.69) is 73.1 Å². The van der Waals surface area contributed by atoms with Gasteiger partial charge >= 0.3 is 0 Å². The molecule has 0 aliphatic rings. The van der Waals surface area contributed by atoms with Crippen LogP contribution in [0, 0.1) is 20.8 Å². The third-order valence-corrected chi connectivity index (χ3v) is 4.78. The lowest BCUT2D eigenvalue weighted by molar-refractivity contribution is 0.404. The zero-order valence-corrected chi connectivity index (χ0v) is 14.8. The molecular formula is C19H18BrNO. The minimum absolute atomic E-state index is 0.663. The van der Waals surface area contributed by atoms with Gasteiger partial charge in [-0.3, -0.25) is 0 Å². The number of methoxy groups -OCH3 is 1. The molecule has 1 aromatic heterocycles. The summed E-state index contributed by atoms with van der Waals surface area (Å²) in [6, 6.07) is 12.6. The van der Waals surface area contributed by atoms with Gasteiger partial charge in [-0.2, -0.15) is 0 Å². The van der Waals surface area contributed by atoms with Crippen molar-refractivity contribution in [2.45, 2.75) is 20.8 Å². The van der Waals surface area contributed by atoms with E-state index in [1.54, 1.807) is 7.11 Å². The number of halogens is 1. The molecule has 0 saturated heterocycles. The fourth-order valence-electron chi connectivity index (χ4n) is 2.87. The van der Waals surface area contributed by atoms with Crippen molar-refractivity contribution >= 4 is 26.7 Å². The molecule has 0 unspecified atom stereocenters. The van der Waals surface area contributed by atoms with Crippen LogP contribution in [-0.4, -0.2) is 12.1 Å². The second-order valence-corrected chi connectivity index (χ2v) is 6.39. The zero-order chi connectivity index (χ0) is 15.9. The number of aryl methyl sites for hydroxylation is 3. The van der Waals surface area contributed by atoms with Crippen molar-refractivity contribution in [1.82, 2.24) is 4.98 Å². The first-order valence-electron chi connectivity index (χ1n) is 7.23. The molecular weight excluding hydrogens is 338 g/mol. The fourth-order valence-corrected chi connectivity index (χ4v) is 3.49. The summed E-state index contributed by atoms with van der Waals surface area (Å²) in [5, 5.41) is 2.15. The Hall–Kier alpha value is -1.87. The summed E-state index contributed by atoms with van der Waals surface area (Å²) in [5.41, 5.74) is 5.74. The Kier molecular flexibility index (Phi) is 3.92. The number of ether oxygens (including phenoxy) is 1. The highest BCUT2D eigenvalue weighted by atomic mass is 79.9. The summed E-state index contributed by atoms with van der Waals surface area (Å²) in [7, 11) is 1.67. The van der Waals surface area contributed by atoms with E-state index in [-0.39, 0.29) is 0 Å². The number of hydrogen-bond acceptors (Lipinski definition) is 2. The van der Waals surface area contributed by atoms with Crippen LogP contribution >= 0.6 is 15.9 Å². The van der Waals surface area contributed by atoms with Gasteiger partial charge in [-0.1, -0.05) is 35.9 Å². The summed E-state index contributed by atoms with van der Waals surface area (Å²) in [4.78, 5) is 4.77. The lowest BCUT2D eigenvalue weighted by Crippen LogP contribution is -1.97. The average molecular weight is 356 g/mol. The van der Waals surface area contributed by atoms with Gasteiger partial charge in [0.1, 0.15) is 0 Å². The molecule has 0 bridgehead atoms. The Morgan fingerprint density at radius 2 is 1.64 bits per heavy atom. The van der Waals surface area contributed by atoms with Crippen molar-refractivity contribution in [1.29, 1.82) is 0 Å². The first kappa shape index (κ1) is 15.0. The molecule has 22 heavy (non-hydrogen) atoms. The highest BCUT2D eigenvalue weighted by Crippen LogP contribution is 2.39. The minimum Gasteiger partial charge on any atom is -0.481 e. The molecule has 2 aromatic carbocycles. The SMILES string of the molecule is COc1nc(-c2c(C)cccc2C)c(Br)c2cc(C)ccc12. The fraction of sp³-hybridized carbons (Fsp3) is 0.211. The molecule has 3 aromatic rings. The van der Waals surface area contributed by atoms with Crippen molar-refractivity contribution in [3.8, 4) is 17.1 Å². The maximum Gasteiger partial charge on any atom is 0.221 e. The molecule has 3 heteroatoms. The molecule has 0 N–H and O–H groups in total. The van der Waals surface area contributed by atoms with Crippen LogP contribution in [0.5, 0.6) is 5.88 Å². The largest absolute Gasteiger partial charge is 0.481 e. The highest BCUT2D eigenvalue weighted by Gasteiger charge is 2.17. The number of pyridine rings is 1. The first-order chi connectivity index (χ1) is 10.5. The van der Waals surface area contributed by atoms with Gasteiger partial charge in [-0.15, -0.1) is 0 Å². The molecule has 0 saturated carbocycles.